The van der Waals surface area contributed by atoms with Crippen molar-refractivity contribution in [3.8, 4) is 35.1 Å². The summed E-state index contributed by atoms with van der Waals surface area (Å²) in [5, 5.41) is 4.27. The Morgan fingerprint density at radius 1 is 1.05 bits per heavy atom. The Kier molecular flexibility index (Phi) is 7.24. The number of aryl methyl sites for hydroxylation is 1. The number of likely N-dealkylation sites (tertiary alicyclic amines) is 1. The molecule has 8 heteroatoms. The largest absolute Gasteiger partial charge is 0.497 e. The number of methoxy groups -OCH3 is 2. The van der Waals surface area contributed by atoms with Gasteiger partial charge in [-0.1, -0.05) is 0 Å². The molecule has 0 spiro atoms. The Morgan fingerprint density at radius 2 is 1.86 bits per heavy atom. The molecule has 0 saturated carbocycles. The van der Waals surface area contributed by atoms with Crippen LogP contribution in [-0.4, -0.2) is 65.0 Å². The van der Waals surface area contributed by atoms with E-state index in [0.29, 0.717) is 5.92 Å². The molecule has 1 fully saturated rings. The van der Waals surface area contributed by atoms with Gasteiger partial charge in [0.05, 0.1) is 43.3 Å². The van der Waals surface area contributed by atoms with E-state index in [2.05, 4.69) is 37.9 Å². The van der Waals surface area contributed by atoms with Gasteiger partial charge in [0.1, 0.15) is 11.5 Å². The molecule has 2 aromatic carbocycles. The zero-order valence-electron chi connectivity index (χ0n) is 21.6. The lowest BCUT2D eigenvalue weighted by Crippen LogP contribution is -2.26. The van der Waals surface area contributed by atoms with Crippen LogP contribution in [-0.2, 0) is 7.05 Å². The molecule has 37 heavy (non-hydrogen) atoms. The van der Waals surface area contributed by atoms with Crippen molar-refractivity contribution in [1.29, 1.82) is 0 Å². The summed E-state index contributed by atoms with van der Waals surface area (Å²) in [7, 11) is 5.23. The van der Waals surface area contributed by atoms with E-state index in [4.69, 9.17) is 20.9 Å². The number of hydrogen-bond donors (Lipinski definition) is 0. The summed E-state index contributed by atoms with van der Waals surface area (Å²) in [5.41, 5.74) is 5.43. The lowest BCUT2D eigenvalue weighted by atomic mass is 10.1. The molecule has 1 atom stereocenters. The molecular formula is C29H32N6O2. The van der Waals surface area contributed by atoms with Crippen molar-refractivity contribution in [3.05, 3.63) is 55.0 Å². The second-order valence-corrected chi connectivity index (χ2v) is 9.36. The van der Waals surface area contributed by atoms with E-state index >= 15 is 0 Å². The summed E-state index contributed by atoms with van der Waals surface area (Å²) in [6.07, 6.45) is 13.3. The van der Waals surface area contributed by atoms with Crippen molar-refractivity contribution >= 4 is 22.4 Å². The van der Waals surface area contributed by atoms with Gasteiger partial charge in [-0.05, 0) is 44.1 Å². The molecule has 1 aliphatic heterocycles. The average Bonchev–Trinajstić information content (AvgIpc) is 3.59. The molecular weight excluding hydrogens is 464 g/mol. The molecule has 8 nitrogen and oxygen atoms in total. The van der Waals surface area contributed by atoms with Gasteiger partial charge in [0.25, 0.3) is 0 Å². The predicted molar refractivity (Wildman–Crippen MR) is 146 cm³/mol. The van der Waals surface area contributed by atoms with Crippen LogP contribution in [0.4, 0.5) is 11.4 Å². The molecule has 5 rings (SSSR count). The highest BCUT2D eigenvalue weighted by atomic mass is 16.5. The van der Waals surface area contributed by atoms with Crippen molar-refractivity contribution < 1.29 is 9.47 Å². The van der Waals surface area contributed by atoms with Crippen LogP contribution in [0.15, 0.2) is 55.0 Å². The van der Waals surface area contributed by atoms with Crippen LogP contribution in [0.3, 0.4) is 0 Å². The second-order valence-electron chi connectivity index (χ2n) is 9.36. The number of terminal acetylenes is 1. The molecule has 0 bridgehead atoms. The Morgan fingerprint density at radius 3 is 2.54 bits per heavy atom. The van der Waals surface area contributed by atoms with Crippen LogP contribution < -0.4 is 14.4 Å². The van der Waals surface area contributed by atoms with Gasteiger partial charge in [0, 0.05) is 67.4 Å². The number of rotatable bonds is 9. The summed E-state index contributed by atoms with van der Waals surface area (Å²) in [4.78, 5) is 14.3. The van der Waals surface area contributed by atoms with Gasteiger partial charge in [-0.2, -0.15) is 5.10 Å². The SMILES string of the molecule is C#C[C@H]1CCN(CCCN(c2cc(OC)cc(OC)c2)c2ccc3ncc(-c4cnn(C)c4)nc3c2)C1. The van der Waals surface area contributed by atoms with Crippen molar-refractivity contribution in [2.24, 2.45) is 13.0 Å². The number of nitrogens with zero attached hydrogens (tertiary/aromatic N) is 6. The maximum atomic E-state index is 5.65. The van der Waals surface area contributed by atoms with E-state index in [1.165, 1.54) is 0 Å². The smallest absolute Gasteiger partial charge is 0.124 e. The quantitative estimate of drug-likeness (QED) is 0.315. The number of benzene rings is 2. The standard InChI is InChI=1S/C29H32N6O2/c1-5-21-9-12-34(19-21)10-6-11-35(24-13-25(36-3)16-26(14-24)37-4)23-7-8-27-28(15-23)32-29(18-30-27)22-17-31-33(2)20-22/h1,7-8,13-18,20-21H,6,9-12,19H2,2-4H3/t21-/m0/s1. The van der Waals surface area contributed by atoms with E-state index in [1.54, 1.807) is 31.3 Å². The topological polar surface area (TPSA) is 68.5 Å². The summed E-state index contributed by atoms with van der Waals surface area (Å²) >= 11 is 0. The third kappa shape index (κ3) is 5.52. The zero-order chi connectivity index (χ0) is 25.8. The molecule has 4 aromatic rings. The number of ether oxygens (including phenoxy) is 2. The van der Waals surface area contributed by atoms with Crippen LogP contribution in [0.5, 0.6) is 11.5 Å². The second kappa shape index (κ2) is 10.9. The first-order valence-corrected chi connectivity index (χ1v) is 12.5. The highest BCUT2D eigenvalue weighted by Crippen LogP contribution is 2.34. The Hall–Kier alpha value is -4.09. The van der Waals surface area contributed by atoms with E-state index < -0.39 is 0 Å². The Labute approximate surface area is 217 Å². The summed E-state index contributed by atoms with van der Waals surface area (Å²) < 4.78 is 12.9. The zero-order valence-corrected chi connectivity index (χ0v) is 21.6. The molecule has 0 aliphatic carbocycles. The third-order valence-corrected chi connectivity index (χ3v) is 6.85. The first-order chi connectivity index (χ1) is 18.1. The van der Waals surface area contributed by atoms with Gasteiger partial charge in [0.15, 0.2) is 0 Å². The normalized spacial score (nSPS) is 15.6. The van der Waals surface area contributed by atoms with E-state index in [1.807, 2.05) is 37.5 Å². The Bertz CT molecular complexity index is 1400. The minimum absolute atomic E-state index is 0.367. The van der Waals surface area contributed by atoms with E-state index in [0.717, 1.165) is 84.2 Å². The Balaban J connectivity index is 1.47. The molecule has 3 heterocycles. The lowest BCUT2D eigenvalue weighted by molar-refractivity contribution is 0.330. The van der Waals surface area contributed by atoms with E-state index in [9.17, 15) is 0 Å². The van der Waals surface area contributed by atoms with Gasteiger partial charge in [-0.15, -0.1) is 12.3 Å². The van der Waals surface area contributed by atoms with Crippen LogP contribution in [0.2, 0.25) is 0 Å². The third-order valence-electron chi connectivity index (χ3n) is 6.85. The average molecular weight is 497 g/mol. The van der Waals surface area contributed by atoms with Crippen LogP contribution in [0.25, 0.3) is 22.3 Å². The van der Waals surface area contributed by atoms with Crippen LogP contribution in [0, 0.1) is 18.3 Å². The molecule has 0 N–H and O–H groups in total. The van der Waals surface area contributed by atoms with Crippen molar-refractivity contribution in [1.82, 2.24) is 24.6 Å². The number of aromatic nitrogens is 4. The first kappa shape index (κ1) is 24.6. The molecule has 0 amide bonds. The summed E-state index contributed by atoms with van der Waals surface area (Å²) in [6.45, 7) is 3.85. The number of hydrogen-bond acceptors (Lipinski definition) is 7. The van der Waals surface area contributed by atoms with Crippen molar-refractivity contribution in [3.63, 3.8) is 0 Å². The highest BCUT2D eigenvalue weighted by molar-refractivity contribution is 5.82. The minimum Gasteiger partial charge on any atom is -0.497 e. The van der Waals surface area contributed by atoms with Gasteiger partial charge in [-0.25, -0.2) is 4.98 Å². The fourth-order valence-corrected chi connectivity index (χ4v) is 4.84. The van der Waals surface area contributed by atoms with Gasteiger partial charge < -0.3 is 19.3 Å². The molecule has 0 radical (unpaired) electrons. The molecule has 1 saturated heterocycles. The molecule has 0 unspecified atom stereocenters. The van der Waals surface area contributed by atoms with Crippen molar-refractivity contribution in [2.75, 3.05) is 45.3 Å². The van der Waals surface area contributed by atoms with Crippen LogP contribution in [0.1, 0.15) is 12.8 Å². The van der Waals surface area contributed by atoms with Gasteiger partial charge >= 0.3 is 0 Å². The van der Waals surface area contributed by atoms with Gasteiger partial charge in [-0.3, -0.25) is 9.67 Å². The van der Waals surface area contributed by atoms with Gasteiger partial charge in [0.2, 0.25) is 0 Å². The fourth-order valence-electron chi connectivity index (χ4n) is 4.84. The first-order valence-electron chi connectivity index (χ1n) is 12.5. The number of anilines is 2. The predicted octanol–water partition coefficient (Wildman–Crippen LogP) is 4.53. The minimum atomic E-state index is 0.367. The number of fused-ring (bicyclic) bond motifs is 1. The maximum absolute atomic E-state index is 5.65. The maximum Gasteiger partial charge on any atom is 0.124 e. The van der Waals surface area contributed by atoms with Crippen LogP contribution >= 0.6 is 0 Å². The molecule has 1 aliphatic rings. The van der Waals surface area contributed by atoms with Crippen molar-refractivity contribution in [2.45, 2.75) is 12.8 Å². The summed E-state index contributed by atoms with van der Waals surface area (Å²) in [6, 6.07) is 12.2. The summed E-state index contributed by atoms with van der Waals surface area (Å²) in [5.74, 6) is 4.77. The molecule has 2 aromatic heterocycles. The highest BCUT2D eigenvalue weighted by Gasteiger charge is 2.21. The fraction of sp³-hybridized carbons (Fsp3) is 0.345. The lowest BCUT2D eigenvalue weighted by Gasteiger charge is -2.27. The molecule has 190 valence electrons. The monoisotopic (exact) mass is 496 g/mol. The van der Waals surface area contributed by atoms with E-state index in [-0.39, 0.29) is 0 Å².